The normalized spacial score (nSPS) is 20.1. The maximum atomic E-state index is 13.9. The van der Waals surface area contributed by atoms with Crippen LogP contribution < -0.4 is 20.9 Å². The van der Waals surface area contributed by atoms with Gasteiger partial charge in [0.1, 0.15) is 11.9 Å². The van der Waals surface area contributed by atoms with E-state index in [9.17, 15) is 20.1 Å². The smallest absolute Gasteiger partial charge is 0.161 e. The van der Waals surface area contributed by atoms with Crippen molar-refractivity contribution in [3.63, 3.8) is 0 Å². The summed E-state index contributed by atoms with van der Waals surface area (Å²) in [6, 6.07) is 15.0. The van der Waals surface area contributed by atoms with Gasteiger partial charge in [0.25, 0.3) is 0 Å². The van der Waals surface area contributed by atoms with E-state index in [1.165, 1.54) is 6.42 Å². The molecule has 0 unspecified atom stereocenters. The zero-order valence-electron chi connectivity index (χ0n) is 28.6. The predicted octanol–water partition coefficient (Wildman–Crippen LogP) is 6.80. The fraction of sp³-hybridized carbons (Fsp3) is 0.333. The molecule has 1 aliphatic carbocycles. The van der Waals surface area contributed by atoms with Gasteiger partial charge < -0.3 is 31.1 Å². The Balaban J connectivity index is 1.19. The first-order valence-corrected chi connectivity index (χ1v) is 17.7. The number of hydrogen-bond donors (Lipinski definition) is 4. The summed E-state index contributed by atoms with van der Waals surface area (Å²) in [6.45, 7) is 2.45. The number of aryl methyl sites for hydroxylation is 2. The van der Waals surface area contributed by atoms with Crippen LogP contribution in [0, 0.1) is 5.92 Å². The average Bonchev–Trinajstić information content (AvgIpc) is 3.67. The number of nitrogens with one attached hydrogen (secondary N) is 1. The number of unbranched alkanes of at least 4 members (excludes halogenated alkanes) is 3. The minimum Gasteiger partial charge on any atom is -0.875 e. The van der Waals surface area contributed by atoms with Gasteiger partial charge in [0.05, 0.1) is 6.61 Å². The van der Waals surface area contributed by atoms with Gasteiger partial charge in [-0.05, 0) is 120 Å². The molecular formula is C42H46N3O5-. The Kier molecular flexibility index (Phi) is 11.2. The highest BCUT2D eigenvalue weighted by Gasteiger charge is 2.34. The molecule has 0 saturated carbocycles. The van der Waals surface area contributed by atoms with Crippen molar-refractivity contribution < 1.29 is 24.9 Å². The maximum Gasteiger partial charge on any atom is 0.161 e. The van der Waals surface area contributed by atoms with Crippen LogP contribution in [0.25, 0.3) is 6.08 Å². The number of nitrogens with zero attached hydrogens (tertiary/aromatic N) is 1. The Bertz CT molecular complexity index is 1860. The number of rotatable bonds is 14. The van der Waals surface area contributed by atoms with E-state index in [1.807, 2.05) is 36.6 Å². The minimum atomic E-state index is -0.385. The number of carbonyl (C=O) groups is 1. The quantitative estimate of drug-likeness (QED) is 0.0839. The Morgan fingerprint density at radius 1 is 1.02 bits per heavy atom. The number of phenolic OH excluding ortho intramolecular Hbond substituents is 2. The molecule has 0 bridgehead atoms. The summed E-state index contributed by atoms with van der Waals surface area (Å²) >= 11 is 0. The topological polar surface area (TPSA) is 140 Å². The number of benzene rings is 3. The first kappa shape index (κ1) is 34.8. The van der Waals surface area contributed by atoms with Gasteiger partial charge >= 0.3 is 0 Å². The van der Waals surface area contributed by atoms with Crippen LogP contribution >= 0.6 is 0 Å². The van der Waals surface area contributed by atoms with Gasteiger partial charge in [-0.3, -0.25) is 9.79 Å². The standard InChI is InChI=1S/C42H47N3O5/c1-2-3-4-5-6-7-32(46)12-8-27-10-15-38(48)39(23-27)50-21-18-28-9-14-37(47)36(22-28)40-33(41(49)31-16-19-44-26-31)13-11-29-25-35-30(24-34(29)40)17-20-45-42(35)43/h6-7,9-10,14-17,19-20,22-26,33,40,42,45,47-49H,2-5,8,11-13,18,21,43H2,1H3/p-1/b7-6+,41-31?/t33-,40+,42-/m0/s1. The molecule has 0 radical (unpaired) electrons. The van der Waals surface area contributed by atoms with Crippen molar-refractivity contribution in [1.29, 1.82) is 0 Å². The molecule has 0 fully saturated rings. The second-order valence-corrected chi connectivity index (χ2v) is 13.4. The molecular weight excluding hydrogens is 626 g/mol. The number of allylic oxidation sites excluding steroid dienone is 5. The van der Waals surface area contributed by atoms with E-state index in [0.717, 1.165) is 59.1 Å². The van der Waals surface area contributed by atoms with Crippen LogP contribution in [0.1, 0.15) is 96.5 Å². The summed E-state index contributed by atoms with van der Waals surface area (Å²) in [5, 5.41) is 38.9. The van der Waals surface area contributed by atoms with E-state index in [2.05, 4.69) is 29.4 Å². The van der Waals surface area contributed by atoms with Crippen LogP contribution in [-0.4, -0.2) is 28.8 Å². The molecule has 2 aliphatic heterocycles. The van der Waals surface area contributed by atoms with Crippen LogP contribution in [0.4, 0.5) is 0 Å². The molecule has 8 heteroatoms. The number of fused-ring (bicyclic) bond motifs is 2. The van der Waals surface area contributed by atoms with Crippen LogP contribution in [0.2, 0.25) is 0 Å². The zero-order chi connectivity index (χ0) is 35.0. The average molecular weight is 673 g/mol. The highest BCUT2D eigenvalue weighted by Crippen LogP contribution is 2.48. The number of aromatic hydroxyl groups is 2. The second kappa shape index (κ2) is 16.1. The van der Waals surface area contributed by atoms with Gasteiger partial charge in [-0.2, -0.15) is 0 Å². The second-order valence-electron chi connectivity index (χ2n) is 13.4. The van der Waals surface area contributed by atoms with Crippen molar-refractivity contribution in [1.82, 2.24) is 5.32 Å². The molecule has 0 aromatic heterocycles. The van der Waals surface area contributed by atoms with Crippen molar-refractivity contribution in [2.45, 2.75) is 76.8 Å². The molecule has 3 aromatic rings. The number of carbonyl (C=O) groups excluding carboxylic acids is 1. The molecule has 3 aliphatic rings. The van der Waals surface area contributed by atoms with Gasteiger partial charge in [-0.1, -0.05) is 56.2 Å². The summed E-state index contributed by atoms with van der Waals surface area (Å²) in [4.78, 5) is 16.5. The summed E-state index contributed by atoms with van der Waals surface area (Å²) in [7, 11) is 0. The molecule has 0 spiro atoms. The molecule has 0 amide bonds. The molecule has 8 nitrogen and oxygen atoms in total. The van der Waals surface area contributed by atoms with Crippen LogP contribution in [0.5, 0.6) is 17.2 Å². The maximum absolute atomic E-state index is 13.9. The molecule has 2 heterocycles. The number of phenols is 2. The fourth-order valence-corrected chi connectivity index (χ4v) is 7.15. The Morgan fingerprint density at radius 3 is 2.64 bits per heavy atom. The Morgan fingerprint density at radius 2 is 1.84 bits per heavy atom. The van der Waals surface area contributed by atoms with Crippen LogP contribution in [0.15, 0.2) is 95.5 Å². The van der Waals surface area contributed by atoms with Crippen LogP contribution in [0.3, 0.4) is 0 Å². The van der Waals surface area contributed by atoms with Gasteiger partial charge in [-0.25, -0.2) is 0 Å². The minimum absolute atomic E-state index is 0.0120. The Labute approximate surface area is 294 Å². The van der Waals surface area contributed by atoms with Gasteiger partial charge in [0.15, 0.2) is 17.3 Å². The monoisotopic (exact) mass is 672 g/mol. The highest BCUT2D eigenvalue weighted by atomic mass is 16.5. The van der Waals surface area contributed by atoms with E-state index in [4.69, 9.17) is 10.5 Å². The lowest BCUT2D eigenvalue weighted by molar-refractivity contribution is -0.317. The third-order valence-corrected chi connectivity index (χ3v) is 9.89. The summed E-state index contributed by atoms with van der Waals surface area (Å²) in [6.07, 6.45) is 19.3. The van der Waals surface area contributed by atoms with E-state index < -0.39 is 0 Å². The molecule has 50 heavy (non-hydrogen) atoms. The molecule has 5 N–H and O–H groups in total. The number of hydrogen-bond acceptors (Lipinski definition) is 8. The van der Waals surface area contributed by atoms with E-state index >= 15 is 0 Å². The van der Waals surface area contributed by atoms with Crippen molar-refractivity contribution in [2.75, 3.05) is 6.61 Å². The first-order chi connectivity index (χ1) is 24.3. The lowest BCUT2D eigenvalue weighted by Gasteiger charge is -2.40. The molecule has 260 valence electrons. The fourth-order valence-electron chi connectivity index (χ4n) is 7.15. The largest absolute Gasteiger partial charge is 0.875 e. The van der Waals surface area contributed by atoms with Crippen molar-refractivity contribution >= 4 is 18.1 Å². The van der Waals surface area contributed by atoms with Crippen molar-refractivity contribution in [2.24, 2.45) is 16.6 Å². The van der Waals surface area contributed by atoms with Crippen molar-refractivity contribution in [3.05, 3.63) is 129 Å². The summed E-state index contributed by atoms with van der Waals surface area (Å²) in [5.74, 6) is -0.119. The van der Waals surface area contributed by atoms with Gasteiger partial charge in [0, 0.05) is 36.7 Å². The van der Waals surface area contributed by atoms with Gasteiger partial charge in [0.2, 0.25) is 0 Å². The third kappa shape index (κ3) is 8.03. The van der Waals surface area contributed by atoms with E-state index in [-0.39, 0.29) is 47.6 Å². The zero-order valence-corrected chi connectivity index (χ0v) is 28.6. The molecule has 0 saturated heterocycles. The third-order valence-electron chi connectivity index (χ3n) is 9.89. The summed E-state index contributed by atoms with van der Waals surface area (Å²) < 4.78 is 6.05. The van der Waals surface area contributed by atoms with Crippen LogP contribution in [-0.2, 0) is 24.1 Å². The SMILES string of the molecule is CCCCC/C=C/C(=O)CCc1ccc(O)c(OCCc2ccc(O)c([C@H]3c4cc5c(cc4CC[C@@H]3C([O-])=C3C=CN=C3)[C@@H](N)NC=C5)c2)c1. The molecule has 3 atom stereocenters. The number of nitrogens with two attached hydrogens (primary N) is 1. The lowest BCUT2D eigenvalue weighted by Crippen LogP contribution is -2.31. The lowest BCUT2D eigenvalue weighted by atomic mass is 9.69. The highest BCUT2D eigenvalue weighted by molar-refractivity contribution is 5.89. The number of ether oxygens (including phenoxy) is 1. The summed E-state index contributed by atoms with van der Waals surface area (Å²) in [5.41, 5.74) is 13.6. The Hall–Kier alpha value is -5.08. The number of ketones is 1. The van der Waals surface area contributed by atoms with E-state index in [0.29, 0.717) is 42.6 Å². The number of aliphatic imine (C=N–C) groups is 1. The first-order valence-electron chi connectivity index (χ1n) is 17.7. The van der Waals surface area contributed by atoms with E-state index in [1.54, 1.807) is 42.8 Å². The predicted molar refractivity (Wildman–Crippen MR) is 196 cm³/mol. The molecule has 3 aromatic carbocycles. The molecule has 6 rings (SSSR count). The van der Waals surface area contributed by atoms with Crippen molar-refractivity contribution in [3.8, 4) is 17.2 Å². The van der Waals surface area contributed by atoms with Gasteiger partial charge in [-0.15, -0.1) is 5.76 Å².